The van der Waals surface area contributed by atoms with Gasteiger partial charge < -0.3 is 10.6 Å². The van der Waals surface area contributed by atoms with Crippen molar-refractivity contribution in [2.75, 3.05) is 18.9 Å². The summed E-state index contributed by atoms with van der Waals surface area (Å²) >= 11 is 6.30. The van der Waals surface area contributed by atoms with Gasteiger partial charge in [-0.3, -0.25) is 0 Å². The zero-order chi connectivity index (χ0) is 10.1. The normalized spacial score (nSPS) is 20.1. The van der Waals surface area contributed by atoms with Gasteiger partial charge in [-0.05, 0) is 32.0 Å². The van der Waals surface area contributed by atoms with Crippen molar-refractivity contribution in [1.82, 2.24) is 5.32 Å². The predicted octanol–water partition coefficient (Wildman–Crippen LogP) is 2.72. The average Bonchev–Trinajstić information content (AvgIpc) is 2.23. The molecule has 0 saturated carbocycles. The molecule has 14 heavy (non-hydrogen) atoms. The van der Waals surface area contributed by atoms with Crippen LogP contribution >= 0.6 is 11.6 Å². The number of hydrogen-bond acceptors (Lipinski definition) is 2. The monoisotopic (exact) mass is 210 g/mol. The zero-order valence-electron chi connectivity index (χ0n) is 8.52. The zero-order valence-corrected chi connectivity index (χ0v) is 9.28. The number of benzene rings is 1. The van der Waals surface area contributed by atoms with E-state index in [2.05, 4.69) is 22.8 Å². The number of hydrogen-bond donors (Lipinski definition) is 2. The molecule has 0 radical (unpaired) electrons. The topological polar surface area (TPSA) is 24.1 Å². The van der Waals surface area contributed by atoms with E-state index in [1.807, 2.05) is 14.0 Å². The molecule has 2 N–H and O–H groups in total. The van der Waals surface area contributed by atoms with Crippen LogP contribution in [0.25, 0.3) is 0 Å². The summed E-state index contributed by atoms with van der Waals surface area (Å²) in [6.45, 7) is 3.06. The SMILES string of the molecule is CNC1CCNc2ccc(C)c(Cl)c21. The van der Waals surface area contributed by atoms with Gasteiger partial charge in [-0.25, -0.2) is 0 Å². The second kappa shape index (κ2) is 3.79. The van der Waals surface area contributed by atoms with Gasteiger partial charge in [-0.15, -0.1) is 0 Å². The van der Waals surface area contributed by atoms with Gasteiger partial charge >= 0.3 is 0 Å². The minimum Gasteiger partial charge on any atom is -0.385 e. The molecule has 0 aromatic heterocycles. The van der Waals surface area contributed by atoms with Crippen molar-refractivity contribution in [1.29, 1.82) is 0 Å². The van der Waals surface area contributed by atoms with Crippen LogP contribution in [0, 0.1) is 6.92 Å². The van der Waals surface area contributed by atoms with Crippen LogP contribution in [-0.2, 0) is 0 Å². The first kappa shape index (κ1) is 9.81. The third-order valence-electron chi connectivity index (χ3n) is 2.82. The molecule has 1 aliphatic heterocycles. The fourth-order valence-corrected chi connectivity index (χ4v) is 2.28. The van der Waals surface area contributed by atoms with Gasteiger partial charge in [0.15, 0.2) is 0 Å². The summed E-state index contributed by atoms with van der Waals surface area (Å²) in [5.74, 6) is 0. The fraction of sp³-hybridized carbons (Fsp3) is 0.455. The smallest absolute Gasteiger partial charge is 0.0503 e. The van der Waals surface area contributed by atoms with Crippen molar-refractivity contribution in [3.8, 4) is 0 Å². The summed E-state index contributed by atoms with van der Waals surface area (Å²) < 4.78 is 0. The molecule has 1 atom stereocenters. The lowest BCUT2D eigenvalue weighted by Gasteiger charge is -2.28. The highest BCUT2D eigenvalue weighted by molar-refractivity contribution is 6.32. The van der Waals surface area contributed by atoms with Crippen LogP contribution < -0.4 is 10.6 Å². The maximum Gasteiger partial charge on any atom is 0.0503 e. The van der Waals surface area contributed by atoms with Gasteiger partial charge in [0.2, 0.25) is 0 Å². The summed E-state index contributed by atoms with van der Waals surface area (Å²) in [4.78, 5) is 0. The van der Waals surface area contributed by atoms with E-state index in [1.165, 1.54) is 11.3 Å². The van der Waals surface area contributed by atoms with Crippen LogP contribution in [0.15, 0.2) is 12.1 Å². The van der Waals surface area contributed by atoms with Crippen molar-refractivity contribution in [3.63, 3.8) is 0 Å². The second-order valence-corrected chi connectivity index (χ2v) is 4.09. The molecule has 2 nitrogen and oxygen atoms in total. The van der Waals surface area contributed by atoms with E-state index in [0.29, 0.717) is 6.04 Å². The van der Waals surface area contributed by atoms with Crippen LogP contribution in [-0.4, -0.2) is 13.6 Å². The van der Waals surface area contributed by atoms with E-state index < -0.39 is 0 Å². The van der Waals surface area contributed by atoms with E-state index >= 15 is 0 Å². The minimum atomic E-state index is 0.388. The van der Waals surface area contributed by atoms with Gasteiger partial charge in [0.25, 0.3) is 0 Å². The summed E-state index contributed by atoms with van der Waals surface area (Å²) in [6, 6.07) is 4.56. The van der Waals surface area contributed by atoms with Crippen LogP contribution in [0.2, 0.25) is 5.02 Å². The van der Waals surface area contributed by atoms with Crippen LogP contribution in [0.3, 0.4) is 0 Å². The van der Waals surface area contributed by atoms with Crippen LogP contribution in [0.5, 0.6) is 0 Å². The van der Waals surface area contributed by atoms with Crippen molar-refractivity contribution in [2.45, 2.75) is 19.4 Å². The van der Waals surface area contributed by atoms with Crippen LogP contribution in [0.4, 0.5) is 5.69 Å². The summed E-state index contributed by atoms with van der Waals surface area (Å²) in [5, 5.41) is 7.57. The Kier molecular flexibility index (Phi) is 2.66. The first-order chi connectivity index (χ1) is 6.74. The van der Waals surface area contributed by atoms with Gasteiger partial charge in [0.1, 0.15) is 0 Å². The molecule has 1 unspecified atom stereocenters. The Morgan fingerprint density at radius 3 is 3.00 bits per heavy atom. The lowest BCUT2D eigenvalue weighted by atomic mass is 9.96. The second-order valence-electron chi connectivity index (χ2n) is 3.71. The Bertz CT molecular complexity index is 349. The molecule has 1 aliphatic rings. The maximum atomic E-state index is 6.30. The Hall–Kier alpha value is -0.730. The molecule has 1 heterocycles. The Morgan fingerprint density at radius 2 is 2.29 bits per heavy atom. The van der Waals surface area contributed by atoms with Crippen molar-refractivity contribution in [3.05, 3.63) is 28.3 Å². The summed E-state index contributed by atoms with van der Waals surface area (Å²) in [6.07, 6.45) is 1.09. The average molecular weight is 211 g/mol. The number of aryl methyl sites for hydroxylation is 1. The summed E-state index contributed by atoms with van der Waals surface area (Å²) in [5.41, 5.74) is 3.54. The van der Waals surface area contributed by atoms with E-state index in [9.17, 15) is 0 Å². The lowest BCUT2D eigenvalue weighted by Crippen LogP contribution is -2.26. The molecule has 0 spiro atoms. The molecule has 2 rings (SSSR count). The Morgan fingerprint density at radius 1 is 1.50 bits per heavy atom. The number of fused-ring (bicyclic) bond motifs is 1. The molecule has 0 amide bonds. The molecular weight excluding hydrogens is 196 g/mol. The highest BCUT2D eigenvalue weighted by Gasteiger charge is 2.21. The minimum absolute atomic E-state index is 0.388. The lowest BCUT2D eigenvalue weighted by molar-refractivity contribution is 0.551. The fourth-order valence-electron chi connectivity index (χ4n) is 1.98. The van der Waals surface area contributed by atoms with E-state index in [4.69, 9.17) is 11.6 Å². The molecule has 1 aromatic carbocycles. The summed E-state index contributed by atoms with van der Waals surface area (Å²) in [7, 11) is 1.98. The number of rotatable bonds is 1. The molecule has 0 bridgehead atoms. The maximum absolute atomic E-state index is 6.30. The molecule has 0 saturated heterocycles. The molecule has 1 aromatic rings. The predicted molar refractivity (Wildman–Crippen MR) is 61.1 cm³/mol. The number of halogens is 1. The van der Waals surface area contributed by atoms with Gasteiger partial charge in [-0.1, -0.05) is 17.7 Å². The first-order valence-electron chi connectivity index (χ1n) is 4.94. The van der Waals surface area contributed by atoms with Crippen molar-refractivity contribution in [2.24, 2.45) is 0 Å². The van der Waals surface area contributed by atoms with Crippen LogP contribution in [0.1, 0.15) is 23.6 Å². The number of nitrogens with one attached hydrogen (secondary N) is 2. The molecular formula is C11H15ClN2. The number of anilines is 1. The Balaban J connectivity index is 2.53. The third kappa shape index (κ3) is 1.49. The van der Waals surface area contributed by atoms with Crippen molar-refractivity contribution >= 4 is 17.3 Å². The van der Waals surface area contributed by atoms with Gasteiger partial charge in [-0.2, -0.15) is 0 Å². The van der Waals surface area contributed by atoms with E-state index in [1.54, 1.807) is 0 Å². The van der Waals surface area contributed by atoms with Gasteiger partial charge in [0, 0.05) is 23.8 Å². The third-order valence-corrected chi connectivity index (χ3v) is 3.32. The van der Waals surface area contributed by atoms with E-state index in [-0.39, 0.29) is 0 Å². The quantitative estimate of drug-likeness (QED) is 0.745. The Labute approximate surface area is 89.7 Å². The molecule has 3 heteroatoms. The van der Waals surface area contributed by atoms with Gasteiger partial charge in [0.05, 0.1) is 5.02 Å². The van der Waals surface area contributed by atoms with Crippen molar-refractivity contribution < 1.29 is 0 Å². The van der Waals surface area contributed by atoms with E-state index in [0.717, 1.165) is 23.6 Å². The standard InChI is InChI=1S/C11H15ClN2/c1-7-3-4-9-10(11(7)12)8(13-2)5-6-14-9/h3-4,8,13-14H,5-6H2,1-2H3. The highest BCUT2D eigenvalue weighted by Crippen LogP contribution is 2.36. The largest absolute Gasteiger partial charge is 0.385 e. The molecule has 0 fully saturated rings. The first-order valence-corrected chi connectivity index (χ1v) is 5.32. The molecule has 0 aliphatic carbocycles. The molecule has 76 valence electrons. The highest BCUT2D eigenvalue weighted by atomic mass is 35.5.